The van der Waals surface area contributed by atoms with Gasteiger partial charge in [-0.2, -0.15) is 0 Å². The molecule has 9 heteroatoms. The molecule has 0 amide bonds. The number of nitrogens with zero attached hydrogens (tertiary/aromatic N) is 4. The van der Waals surface area contributed by atoms with Gasteiger partial charge in [0, 0.05) is 74.6 Å². The number of carbonyl (C=O) groups excluding carboxylic acids is 1. The van der Waals surface area contributed by atoms with Crippen molar-refractivity contribution >= 4 is 40.7 Å². The number of carbonyl (C=O) groups is 1. The van der Waals surface area contributed by atoms with E-state index in [9.17, 15) is 9.90 Å². The molecule has 0 radical (unpaired) electrons. The fourth-order valence-electron chi connectivity index (χ4n) is 5.28. The number of fused-ring (bicyclic) bond motifs is 1. The molecule has 3 aliphatic heterocycles. The lowest BCUT2D eigenvalue weighted by atomic mass is 9.98. The van der Waals surface area contributed by atoms with E-state index in [0.717, 1.165) is 56.3 Å². The number of aryl methyl sites for hydroxylation is 1. The van der Waals surface area contributed by atoms with Gasteiger partial charge in [0.2, 0.25) is 0 Å². The number of piperazine rings is 1. The topological polar surface area (TPSA) is 89.8 Å². The number of halogens is 1. The number of hydrogen-bond donors (Lipinski definition) is 2. The third-order valence-electron chi connectivity index (χ3n) is 7.35. The molecule has 0 bridgehead atoms. The minimum absolute atomic E-state index is 0.0659. The van der Waals surface area contributed by atoms with Gasteiger partial charge in [0.1, 0.15) is 6.54 Å². The van der Waals surface area contributed by atoms with E-state index in [1.165, 1.54) is 11.3 Å². The molecule has 2 aromatic carbocycles. The van der Waals surface area contributed by atoms with Crippen LogP contribution in [0.1, 0.15) is 22.8 Å². The first-order valence-corrected chi connectivity index (χ1v) is 13.4. The number of aliphatic hydroxyl groups excluding tert-OH is 1. The summed E-state index contributed by atoms with van der Waals surface area (Å²) in [6.07, 6.45) is 1.44. The zero-order chi connectivity index (χ0) is 26.6. The Morgan fingerprint density at radius 2 is 2.03 bits per heavy atom. The van der Waals surface area contributed by atoms with E-state index in [0.29, 0.717) is 28.3 Å². The van der Waals surface area contributed by atoms with Crippen LogP contribution in [0.3, 0.4) is 0 Å². The fourth-order valence-corrected chi connectivity index (χ4v) is 5.47. The summed E-state index contributed by atoms with van der Waals surface area (Å²) in [5.41, 5.74) is 7.20. The third kappa shape index (κ3) is 5.83. The number of hydrogen-bond acceptors (Lipinski definition) is 8. The van der Waals surface area contributed by atoms with Gasteiger partial charge >= 0.3 is 0 Å². The number of aliphatic hydroxyl groups is 1. The predicted molar refractivity (Wildman–Crippen MR) is 153 cm³/mol. The number of nitrogens with one attached hydrogen (secondary N) is 1. The average molecular weight is 536 g/mol. The van der Waals surface area contributed by atoms with Crippen LogP contribution < -0.4 is 10.2 Å². The Morgan fingerprint density at radius 1 is 1.21 bits per heavy atom. The van der Waals surface area contributed by atoms with Crippen molar-refractivity contribution in [2.24, 2.45) is 9.98 Å². The van der Waals surface area contributed by atoms with Gasteiger partial charge in [0.25, 0.3) is 0 Å². The number of ketones is 1. The Balaban J connectivity index is 1.35. The van der Waals surface area contributed by atoms with E-state index in [2.05, 4.69) is 44.2 Å². The number of aliphatic imine (C=N–C) groups is 2. The first kappa shape index (κ1) is 26.6. The summed E-state index contributed by atoms with van der Waals surface area (Å²) < 4.78 is 5.22. The second-order valence-electron chi connectivity index (χ2n) is 9.96. The average Bonchev–Trinajstić information content (AvgIpc) is 3.35. The van der Waals surface area contributed by atoms with Crippen LogP contribution in [0.2, 0.25) is 5.02 Å². The van der Waals surface area contributed by atoms with Crippen LogP contribution in [-0.2, 0) is 16.0 Å². The minimum Gasteiger partial charge on any atom is -0.386 e. The first-order chi connectivity index (χ1) is 18.4. The molecule has 8 nitrogen and oxygen atoms in total. The largest absolute Gasteiger partial charge is 0.386 e. The van der Waals surface area contributed by atoms with Gasteiger partial charge in [-0.3, -0.25) is 19.7 Å². The second kappa shape index (κ2) is 11.8. The van der Waals surface area contributed by atoms with Crippen molar-refractivity contribution in [1.82, 2.24) is 4.90 Å². The summed E-state index contributed by atoms with van der Waals surface area (Å²) in [5, 5.41) is 14.7. The Kier molecular flexibility index (Phi) is 8.24. The Hall–Kier alpha value is -3.04. The minimum atomic E-state index is -0.827. The van der Waals surface area contributed by atoms with Crippen LogP contribution in [0.5, 0.6) is 0 Å². The van der Waals surface area contributed by atoms with Crippen molar-refractivity contribution in [3.05, 3.63) is 69.4 Å². The maximum Gasteiger partial charge on any atom is 0.188 e. The lowest BCUT2D eigenvalue weighted by Gasteiger charge is -2.36. The molecule has 2 aromatic rings. The first-order valence-electron chi connectivity index (χ1n) is 13.0. The van der Waals surface area contributed by atoms with E-state index in [1.807, 2.05) is 6.07 Å². The number of ether oxygens (including phenoxy) is 1. The van der Waals surface area contributed by atoms with Crippen molar-refractivity contribution in [2.45, 2.75) is 19.4 Å². The highest BCUT2D eigenvalue weighted by Crippen LogP contribution is 2.37. The zero-order valence-electron chi connectivity index (χ0n) is 21.9. The van der Waals surface area contributed by atoms with Crippen molar-refractivity contribution in [3.8, 4) is 0 Å². The van der Waals surface area contributed by atoms with E-state index in [1.54, 1.807) is 31.5 Å². The number of allylic oxidation sites excluding steroid dienone is 1. The summed E-state index contributed by atoms with van der Waals surface area (Å²) in [5.74, 6) is -0.0659. The van der Waals surface area contributed by atoms with Crippen molar-refractivity contribution in [2.75, 3.05) is 69.7 Å². The Morgan fingerprint density at radius 3 is 2.79 bits per heavy atom. The predicted octanol–water partition coefficient (Wildman–Crippen LogP) is 3.47. The van der Waals surface area contributed by atoms with E-state index >= 15 is 0 Å². The maximum atomic E-state index is 13.0. The van der Waals surface area contributed by atoms with Crippen molar-refractivity contribution < 1.29 is 14.6 Å². The monoisotopic (exact) mass is 535 g/mol. The van der Waals surface area contributed by atoms with Gasteiger partial charge in [-0.25, -0.2) is 0 Å². The molecular formula is C29H34ClN5O3. The molecule has 3 aliphatic rings. The molecular weight excluding hydrogens is 502 g/mol. The summed E-state index contributed by atoms with van der Waals surface area (Å²) in [7, 11) is 1.74. The number of benzene rings is 2. The molecule has 38 heavy (non-hydrogen) atoms. The quantitative estimate of drug-likeness (QED) is 0.528. The molecule has 0 aromatic heterocycles. The number of rotatable bonds is 7. The number of anilines is 2. The highest BCUT2D eigenvalue weighted by molar-refractivity contribution is 6.48. The lowest BCUT2D eigenvalue weighted by molar-refractivity contribution is -0.113. The van der Waals surface area contributed by atoms with Crippen LogP contribution >= 0.6 is 11.6 Å². The Bertz CT molecular complexity index is 1300. The van der Waals surface area contributed by atoms with Gasteiger partial charge in [-0.15, -0.1) is 0 Å². The van der Waals surface area contributed by atoms with Crippen LogP contribution in [0.15, 0.2) is 57.7 Å². The maximum absolute atomic E-state index is 13.0. The zero-order valence-corrected chi connectivity index (χ0v) is 22.7. The van der Waals surface area contributed by atoms with Crippen LogP contribution in [0, 0.1) is 6.92 Å². The normalized spacial score (nSPS) is 21.6. The number of Topliss-reactive ketones (excluding diaryl/α,β-unsaturated/α-hetero) is 1. The van der Waals surface area contributed by atoms with Crippen LogP contribution in [0.4, 0.5) is 11.4 Å². The molecule has 0 aliphatic carbocycles. The summed E-state index contributed by atoms with van der Waals surface area (Å²) in [4.78, 5) is 26.7. The van der Waals surface area contributed by atoms with Gasteiger partial charge in [-0.05, 0) is 47.9 Å². The molecule has 0 spiro atoms. The third-order valence-corrected chi connectivity index (χ3v) is 7.58. The standard InChI is InChI=1S/C29H34ClN5O3/c1-19-12-23(35-8-6-34(7-9-35)10-11-38-2)14-21-15-24(33-29(19)21)28-25(16-31-17-27(28)37)32-18-26(36)20-4-3-5-22(30)13-20/h3-5,12-14,16,26,33,36H,6-11,15,17-18H2,1-2H3/t26-/m1/s1. The Labute approximate surface area is 228 Å². The molecule has 3 heterocycles. The lowest BCUT2D eigenvalue weighted by Crippen LogP contribution is -2.47. The smallest absolute Gasteiger partial charge is 0.188 e. The van der Waals surface area contributed by atoms with Crippen LogP contribution in [0.25, 0.3) is 0 Å². The number of methoxy groups -OCH3 is 1. The molecule has 200 valence electrons. The van der Waals surface area contributed by atoms with E-state index in [4.69, 9.17) is 16.3 Å². The van der Waals surface area contributed by atoms with Gasteiger partial charge in [-0.1, -0.05) is 23.7 Å². The van der Waals surface area contributed by atoms with E-state index < -0.39 is 6.10 Å². The summed E-state index contributed by atoms with van der Waals surface area (Å²) >= 11 is 6.07. The van der Waals surface area contributed by atoms with E-state index in [-0.39, 0.29) is 18.9 Å². The van der Waals surface area contributed by atoms with Gasteiger partial charge < -0.3 is 20.1 Å². The second-order valence-corrected chi connectivity index (χ2v) is 10.4. The molecule has 1 saturated heterocycles. The molecule has 1 atom stereocenters. The van der Waals surface area contributed by atoms with Crippen molar-refractivity contribution in [3.63, 3.8) is 0 Å². The SMILES string of the molecule is COCCN1CCN(c2cc(C)c3c(c2)CC(=C2C(=O)CN=CC2=NC[C@@H](O)c2cccc(Cl)c2)N3)CC1. The molecule has 2 N–H and O–H groups in total. The van der Waals surface area contributed by atoms with Crippen LogP contribution in [-0.4, -0.2) is 87.2 Å². The highest BCUT2D eigenvalue weighted by atomic mass is 35.5. The molecule has 5 rings (SSSR count). The highest BCUT2D eigenvalue weighted by Gasteiger charge is 2.29. The molecule has 0 saturated carbocycles. The van der Waals surface area contributed by atoms with Gasteiger partial charge in [0.05, 0.1) is 30.5 Å². The molecule has 1 fully saturated rings. The fraction of sp³-hybridized carbons (Fsp3) is 0.414. The summed E-state index contributed by atoms with van der Waals surface area (Å²) in [6, 6.07) is 11.6. The van der Waals surface area contributed by atoms with Crippen molar-refractivity contribution in [1.29, 1.82) is 0 Å². The van der Waals surface area contributed by atoms with Gasteiger partial charge in [0.15, 0.2) is 5.78 Å². The summed E-state index contributed by atoms with van der Waals surface area (Å²) in [6.45, 7) is 8.03. The molecule has 0 unspecified atom stereocenters.